The third-order valence-corrected chi connectivity index (χ3v) is 8.56. The van der Waals surface area contributed by atoms with Crippen LogP contribution in [0, 0.1) is 28.1 Å². The van der Waals surface area contributed by atoms with E-state index < -0.39 is 8.32 Å². The molecule has 3 rings (SSSR count). The van der Waals surface area contributed by atoms with E-state index in [0.717, 1.165) is 25.7 Å². The summed E-state index contributed by atoms with van der Waals surface area (Å²) in [5.74, 6) is 1.17. The molecular formula is C23H38O2Si. The van der Waals surface area contributed by atoms with Crippen molar-refractivity contribution in [1.29, 1.82) is 0 Å². The Kier molecular flexibility index (Phi) is 4.87. The van der Waals surface area contributed by atoms with E-state index in [4.69, 9.17) is 4.43 Å². The summed E-state index contributed by atoms with van der Waals surface area (Å²) in [4.78, 5) is 13.2. The van der Waals surface area contributed by atoms with Gasteiger partial charge in [0.2, 0.25) is 8.32 Å². The van der Waals surface area contributed by atoms with E-state index in [0.29, 0.717) is 11.8 Å². The van der Waals surface area contributed by atoms with Crippen LogP contribution >= 0.6 is 0 Å². The quantitative estimate of drug-likeness (QED) is 0.416. The van der Waals surface area contributed by atoms with Crippen LogP contribution in [-0.4, -0.2) is 14.3 Å². The minimum atomic E-state index is -1.86. The maximum absolute atomic E-state index is 13.2. The summed E-state index contributed by atoms with van der Waals surface area (Å²) in [5, 5.41) is 0. The molecule has 0 aromatic rings. The van der Waals surface area contributed by atoms with Crippen LogP contribution in [0.4, 0.5) is 0 Å². The molecule has 3 heteroatoms. The van der Waals surface area contributed by atoms with Gasteiger partial charge < -0.3 is 4.43 Å². The van der Waals surface area contributed by atoms with Gasteiger partial charge in [0.15, 0.2) is 0 Å². The summed E-state index contributed by atoms with van der Waals surface area (Å²) in [5.41, 5.74) is 1.72. The zero-order valence-corrected chi connectivity index (χ0v) is 18.8. The number of hydrogen-bond acceptors (Lipinski definition) is 2. The Bertz CT molecular complexity index is 631. The maximum atomic E-state index is 13.2. The van der Waals surface area contributed by atoms with Crippen LogP contribution < -0.4 is 0 Å². The lowest BCUT2D eigenvalue weighted by Gasteiger charge is -2.59. The summed E-state index contributed by atoms with van der Waals surface area (Å²) in [6.07, 6.45) is 12.7. The first-order valence-corrected chi connectivity index (χ1v) is 13.9. The highest BCUT2D eigenvalue weighted by Crippen LogP contribution is 2.64. The second-order valence-corrected chi connectivity index (χ2v) is 15.3. The first kappa shape index (κ1) is 19.9. The molecule has 0 bridgehead atoms. The molecule has 0 unspecified atom stereocenters. The third kappa shape index (κ3) is 3.25. The molecule has 26 heavy (non-hydrogen) atoms. The molecule has 5 atom stereocenters. The van der Waals surface area contributed by atoms with Gasteiger partial charge >= 0.3 is 0 Å². The van der Waals surface area contributed by atoms with Gasteiger partial charge in [-0.2, -0.15) is 0 Å². The SMILES string of the molecule is C=C[C@]1(C)C=C2CC[C@@H]3[C@](C)(CCC[C@@]3(C)C(=O)O[Si](C)(C)C)[C@H]2CC1. The van der Waals surface area contributed by atoms with Crippen LogP contribution in [0.15, 0.2) is 24.3 Å². The largest absolute Gasteiger partial charge is 0.519 e. The molecule has 2 fully saturated rings. The van der Waals surface area contributed by atoms with Gasteiger partial charge in [-0.15, -0.1) is 6.58 Å². The van der Waals surface area contributed by atoms with Gasteiger partial charge in [-0.3, -0.25) is 4.79 Å². The molecule has 0 heterocycles. The van der Waals surface area contributed by atoms with Gasteiger partial charge in [0.05, 0.1) is 5.41 Å². The Morgan fingerprint density at radius 2 is 1.88 bits per heavy atom. The smallest absolute Gasteiger partial charge is 0.298 e. The summed E-state index contributed by atoms with van der Waals surface area (Å²) in [7, 11) is -1.86. The first-order chi connectivity index (χ1) is 11.9. The van der Waals surface area contributed by atoms with Crippen molar-refractivity contribution in [1.82, 2.24) is 0 Å². The van der Waals surface area contributed by atoms with E-state index in [9.17, 15) is 4.79 Å². The van der Waals surface area contributed by atoms with E-state index in [-0.39, 0.29) is 22.2 Å². The summed E-state index contributed by atoms with van der Waals surface area (Å²) < 4.78 is 6.03. The number of hydrogen-bond donors (Lipinski definition) is 0. The second kappa shape index (κ2) is 6.36. The van der Waals surface area contributed by atoms with E-state index >= 15 is 0 Å². The van der Waals surface area contributed by atoms with E-state index in [1.54, 1.807) is 5.57 Å². The first-order valence-electron chi connectivity index (χ1n) is 10.5. The van der Waals surface area contributed by atoms with Crippen molar-refractivity contribution in [3.63, 3.8) is 0 Å². The average Bonchev–Trinajstić information content (AvgIpc) is 2.52. The van der Waals surface area contributed by atoms with E-state index in [1.807, 2.05) is 0 Å². The van der Waals surface area contributed by atoms with E-state index in [1.165, 1.54) is 19.3 Å². The van der Waals surface area contributed by atoms with Crippen LogP contribution in [0.1, 0.15) is 65.7 Å². The highest BCUT2D eigenvalue weighted by molar-refractivity contribution is 6.71. The highest BCUT2D eigenvalue weighted by Gasteiger charge is 2.59. The maximum Gasteiger partial charge on any atom is 0.298 e. The molecule has 0 amide bonds. The number of carbonyl (C=O) groups excluding carboxylic acids is 1. The standard InChI is InChI=1S/C23H38O2Si/c1-8-21(2)15-12-18-17(16-21)10-11-19-22(18,3)13-9-14-23(19,4)20(24)25-26(5,6)7/h8,16,18-19H,1,9-15H2,2-7H3/t18-,19+,21-,22+,23+/m0/s1. The fourth-order valence-electron chi connectivity index (χ4n) is 6.33. The lowest BCUT2D eigenvalue weighted by atomic mass is 9.45. The lowest BCUT2D eigenvalue weighted by molar-refractivity contribution is -0.162. The van der Waals surface area contributed by atoms with Crippen molar-refractivity contribution >= 4 is 14.3 Å². The number of fused-ring (bicyclic) bond motifs is 3. The number of allylic oxidation sites excluding steroid dienone is 3. The van der Waals surface area contributed by atoms with Crippen molar-refractivity contribution in [2.75, 3.05) is 0 Å². The molecule has 3 aliphatic carbocycles. The monoisotopic (exact) mass is 374 g/mol. The molecule has 0 radical (unpaired) electrons. The molecule has 2 saturated carbocycles. The fraction of sp³-hybridized carbons (Fsp3) is 0.783. The Morgan fingerprint density at radius 3 is 2.50 bits per heavy atom. The summed E-state index contributed by atoms with van der Waals surface area (Å²) in [6.45, 7) is 17.4. The Balaban J connectivity index is 1.93. The van der Waals surface area contributed by atoms with Gasteiger partial charge in [0.1, 0.15) is 0 Å². The average molecular weight is 375 g/mol. The highest BCUT2D eigenvalue weighted by atomic mass is 28.4. The molecule has 0 aromatic heterocycles. The van der Waals surface area contributed by atoms with Crippen LogP contribution in [0.25, 0.3) is 0 Å². The Morgan fingerprint density at radius 1 is 1.19 bits per heavy atom. The molecule has 0 aromatic carbocycles. The van der Waals surface area contributed by atoms with Crippen molar-refractivity contribution in [3.8, 4) is 0 Å². The molecule has 0 N–H and O–H groups in total. The zero-order valence-electron chi connectivity index (χ0n) is 17.8. The van der Waals surface area contributed by atoms with Crippen molar-refractivity contribution in [2.45, 2.75) is 85.4 Å². The van der Waals surface area contributed by atoms with Gasteiger partial charge in [-0.05, 0) is 82.3 Å². The third-order valence-electron chi connectivity index (χ3n) is 7.76. The zero-order chi connectivity index (χ0) is 19.4. The number of carbonyl (C=O) groups is 1. The van der Waals surface area contributed by atoms with Gasteiger partial charge in [0, 0.05) is 5.41 Å². The normalized spacial score (nSPS) is 42.9. The molecular weight excluding hydrogens is 336 g/mol. The van der Waals surface area contributed by atoms with Gasteiger partial charge in [-0.1, -0.05) is 38.0 Å². The van der Waals surface area contributed by atoms with Crippen LogP contribution in [0.2, 0.25) is 19.6 Å². The Labute approximate surface area is 161 Å². The van der Waals surface area contributed by atoms with Crippen molar-refractivity contribution in [3.05, 3.63) is 24.3 Å². The predicted octanol–water partition coefficient (Wildman–Crippen LogP) is 6.50. The minimum absolute atomic E-state index is 0.0896. The lowest BCUT2D eigenvalue weighted by Crippen LogP contribution is -2.55. The fourth-order valence-corrected chi connectivity index (χ4v) is 7.12. The molecule has 0 spiro atoms. The van der Waals surface area contributed by atoms with Crippen LogP contribution in [0.5, 0.6) is 0 Å². The molecule has 146 valence electrons. The van der Waals surface area contributed by atoms with Crippen molar-refractivity contribution in [2.24, 2.45) is 28.1 Å². The predicted molar refractivity (Wildman–Crippen MR) is 111 cm³/mol. The number of rotatable bonds is 3. The topological polar surface area (TPSA) is 26.3 Å². The minimum Gasteiger partial charge on any atom is -0.519 e. The van der Waals surface area contributed by atoms with Crippen molar-refractivity contribution < 1.29 is 9.22 Å². The second-order valence-electron chi connectivity index (χ2n) is 10.9. The summed E-state index contributed by atoms with van der Waals surface area (Å²) in [6, 6.07) is 0. The van der Waals surface area contributed by atoms with E-state index in [2.05, 4.69) is 59.1 Å². The molecule has 2 nitrogen and oxygen atoms in total. The molecule has 0 saturated heterocycles. The molecule has 0 aliphatic heterocycles. The van der Waals surface area contributed by atoms with Gasteiger partial charge in [-0.25, -0.2) is 0 Å². The molecule has 3 aliphatic rings. The van der Waals surface area contributed by atoms with Gasteiger partial charge in [0.25, 0.3) is 5.97 Å². The van der Waals surface area contributed by atoms with Crippen LogP contribution in [0.3, 0.4) is 0 Å². The van der Waals surface area contributed by atoms with Crippen LogP contribution in [-0.2, 0) is 9.22 Å². The summed E-state index contributed by atoms with van der Waals surface area (Å²) >= 11 is 0. The Hall–Kier alpha value is -0.833.